The quantitative estimate of drug-likeness (QED) is 0.789. The summed E-state index contributed by atoms with van der Waals surface area (Å²) in [4.78, 5) is 25.2. The second-order valence-electron chi connectivity index (χ2n) is 6.31. The van der Waals surface area contributed by atoms with Crippen molar-refractivity contribution in [3.8, 4) is 6.07 Å². The second kappa shape index (κ2) is 8.57. The number of hydrogen-bond acceptors (Lipinski definition) is 3. The highest BCUT2D eigenvalue weighted by atomic mass is 16.2. The molecule has 0 aromatic heterocycles. The molecule has 1 saturated carbocycles. The lowest BCUT2D eigenvalue weighted by atomic mass is 9.96. The van der Waals surface area contributed by atoms with E-state index in [0.717, 1.165) is 12.8 Å². The smallest absolute Gasteiger partial charge is 0.243 e. The van der Waals surface area contributed by atoms with Crippen molar-refractivity contribution < 1.29 is 9.59 Å². The van der Waals surface area contributed by atoms with Crippen LogP contribution in [0.1, 0.15) is 44.9 Å². The van der Waals surface area contributed by atoms with E-state index in [1.54, 1.807) is 11.0 Å². The predicted octanol–water partition coefficient (Wildman–Crippen LogP) is 2.00. The molecule has 0 radical (unpaired) electrons. The Hall–Kier alpha value is -1.83. The van der Waals surface area contributed by atoms with Crippen LogP contribution in [0.3, 0.4) is 0 Å². The van der Waals surface area contributed by atoms with E-state index < -0.39 is 0 Å². The van der Waals surface area contributed by atoms with Crippen LogP contribution in [0.2, 0.25) is 0 Å². The zero-order valence-corrected chi connectivity index (χ0v) is 13.1. The molecule has 0 bridgehead atoms. The predicted molar refractivity (Wildman–Crippen MR) is 83.6 cm³/mol. The maximum Gasteiger partial charge on any atom is 0.243 e. The Labute approximate surface area is 132 Å². The number of allylic oxidation sites excluding steroid dienone is 1. The molecule has 22 heavy (non-hydrogen) atoms. The summed E-state index contributed by atoms with van der Waals surface area (Å²) in [7, 11) is 0. The maximum absolute atomic E-state index is 11.8. The van der Waals surface area contributed by atoms with Crippen LogP contribution in [0.5, 0.6) is 0 Å². The topological polar surface area (TPSA) is 73.2 Å². The van der Waals surface area contributed by atoms with Crippen LogP contribution >= 0.6 is 0 Å². The van der Waals surface area contributed by atoms with E-state index in [2.05, 4.69) is 5.32 Å². The first kappa shape index (κ1) is 16.5. The molecule has 5 heteroatoms. The van der Waals surface area contributed by atoms with Gasteiger partial charge >= 0.3 is 0 Å². The van der Waals surface area contributed by atoms with Crippen molar-refractivity contribution in [3.05, 3.63) is 12.2 Å². The molecule has 120 valence electrons. The number of nitriles is 1. The Bertz CT molecular complexity index is 453. The molecule has 0 spiro atoms. The SMILES string of the molecule is N#CCC(=O)N1CCC(CNC(=O)/C=C/C2CCCC2)CC1. The number of rotatable bonds is 5. The lowest BCUT2D eigenvalue weighted by molar-refractivity contribution is -0.131. The first-order chi connectivity index (χ1) is 10.7. The van der Waals surface area contributed by atoms with Crippen molar-refractivity contribution in [2.45, 2.75) is 44.9 Å². The van der Waals surface area contributed by atoms with Gasteiger partial charge in [0.25, 0.3) is 0 Å². The second-order valence-corrected chi connectivity index (χ2v) is 6.31. The number of amides is 2. The van der Waals surface area contributed by atoms with E-state index in [4.69, 9.17) is 5.26 Å². The fraction of sp³-hybridized carbons (Fsp3) is 0.706. The molecule has 2 fully saturated rings. The summed E-state index contributed by atoms with van der Waals surface area (Å²) in [5, 5.41) is 11.5. The molecule has 1 aliphatic heterocycles. The van der Waals surface area contributed by atoms with Gasteiger partial charge in [-0.25, -0.2) is 0 Å². The summed E-state index contributed by atoms with van der Waals surface area (Å²) in [5.41, 5.74) is 0. The highest BCUT2D eigenvalue weighted by Crippen LogP contribution is 2.25. The third-order valence-electron chi connectivity index (χ3n) is 4.68. The molecule has 1 saturated heterocycles. The largest absolute Gasteiger partial charge is 0.352 e. The molecule has 1 N–H and O–H groups in total. The Kier molecular flexibility index (Phi) is 6.45. The summed E-state index contributed by atoms with van der Waals surface area (Å²) in [6.07, 6.45) is 10.4. The van der Waals surface area contributed by atoms with Crippen LogP contribution in [0.4, 0.5) is 0 Å². The van der Waals surface area contributed by atoms with Gasteiger partial charge in [-0.15, -0.1) is 0 Å². The van der Waals surface area contributed by atoms with E-state index in [0.29, 0.717) is 31.5 Å². The number of hydrogen-bond donors (Lipinski definition) is 1. The highest BCUT2D eigenvalue weighted by Gasteiger charge is 2.22. The summed E-state index contributed by atoms with van der Waals surface area (Å²) in [6.45, 7) is 2.06. The third kappa shape index (κ3) is 5.18. The molecular formula is C17H25N3O2. The molecule has 0 unspecified atom stereocenters. The average Bonchev–Trinajstić information content (AvgIpc) is 3.05. The molecule has 2 aliphatic rings. The van der Waals surface area contributed by atoms with E-state index in [9.17, 15) is 9.59 Å². The lowest BCUT2D eigenvalue weighted by Crippen LogP contribution is -2.41. The Morgan fingerprint density at radius 1 is 1.18 bits per heavy atom. The lowest BCUT2D eigenvalue weighted by Gasteiger charge is -2.31. The standard InChI is InChI=1S/C17H25N3O2/c18-10-7-17(22)20-11-8-15(9-12-20)13-19-16(21)6-5-14-3-1-2-4-14/h5-6,14-15H,1-4,7-9,11-13H2,(H,19,21)/b6-5+. The van der Waals surface area contributed by atoms with Crippen molar-refractivity contribution in [1.29, 1.82) is 5.26 Å². The number of nitrogens with one attached hydrogen (secondary N) is 1. The van der Waals surface area contributed by atoms with E-state index >= 15 is 0 Å². The normalized spacial score (nSPS) is 20.2. The molecule has 0 atom stereocenters. The van der Waals surface area contributed by atoms with Gasteiger partial charge in [0, 0.05) is 19.6 Å². The highest BCUT2D eigenvalue weighted by molar-refractivity contribution is 5.87. The van der Waals surface area contributed by atoms with Crippen LogP contribution in [0.15, 0.2) is 12.2 Å². The van der Waals surface area contributed by atoms with Crippen molar-refractivity contribution in [2.24, 2.45) is 11.8 Å². The summed E-state index contributed by atoms with van der Waals surface area (Å²) in [6, 6.07) is 1.90. The van der Waals surface area contributed by atoms with E-state index in [-0.39, 0.29) is 18.2 Å². The summed E-state index contributed by atoms with van der Waals surface area (Å²) in [5.74, 6) is 0.925. The molecule has 0 aromatic rings. The molecule has 2 amide bonds. The number of nitrogens with zero attached hydrogens (tertiary/aromatic N) is 2. The fourth-order valence-electron chi connectivity index (χ4n) is 3.24. The minimum Gasteiger partial charge on any atom is -0.352 e. The maximum atomic E-state index is 11.8. The van der Waals surface area contributed by atoms with Crippen LogP contribution in [0, 0.1) is 23.2 Å². The first-order valence-electron chi connectivity index (χ1n) is 8.30. The van der Waals surface area contributed by atoms with Crippen molar-refractivity contribution in [2.75, 3.05) is 19.6 Å². The minimum atomic E-state index is -0.0792. The Balaban J connectivity index is 1.63. The van der Waals surface area contributed by atoms with Gasteiger partial charge in [0.2, 0.25) is 11.8 Å². The van der Waals surface area contributed by atoms with Gasteiger partial charge in [-0.3, -0.25) is 9.59 Å². The molecule has 5 nitrogen and oxygen atoms in total. The monoisotopic (exact) mass is 303 g/mol. The fourth-order valence-corrected chi connectivity index (χ4v) is 3.24. The van der Waals surface area contributed by atoms with Gasteiger partial charge in [0.15, 0.2) is 0 Å². The summed E-state index contributed by atoms with van der Waals surface area (Å²) >= 11 is 0. The molecular weight excluding hydrogens is 278 g/mol. The third-order valence-corrected chi connectivity index (χ3v) is 4.68. The number of carbonyl (C=O) groups excluding carboxylic acids is 2. The van der Waals surface area contributed by atoms with E-state index in [1.807, 2.05) is 12.1 Å². The number of carbonyl (C=O) groups is 2. The molecule has 1 heterocycles. The van der Waals surface area contributed by atoms with Gasteiger partial charge in [0.05, 0.1) is 6.07 Å². The van der Waals surface area contributed by atoms with Gasteiger partial charge in [-0.1, -0.05) is 18.9 Å². The zero-order valence-electron chi connectivity index (χ0n) is 13.1. The molecule has 1 aliphatic carbocycles. The number of likely N-dealkylation sites (tertiary alicyclic amines) is 1. The molecule has 2 rings (SSSR count). The van der Waals surface area contributed by atoms with Crippen LogP contribution in [-0.4, -0.2) is 36.3 Å². The molecule has 0 aromatic carbocycles. The minimum absolute atomic E-state index is 0.00473. The first-order valence-corrected chi connectivity index (χ1v) is 8.30. The average molecular weight is 303 g/mol. The zero-order chi connectivity index (χ0) is 15.8. The van der Waals surface area contributed by atoms with Gasteiger partial charge in [-0.2, -0.15) is 5.26 Å². The Morgan fingerprint density at radius 3 is 2.50 bits per heavy atom. The number of piperidine rings is 1. The van der Waals surface area contributed by atoms with E-state index in [1.165, 1.54) is 25.7 Å². The van der Waals surface area contributed by atoms with Gasteiger partial charge < -0.3 is 10.2 Å². The summed E-state index contributed by atoms with van der Waals surface area (Å²) < 4.78 is 0. The van der Waals surface area contributed by atoms with Gasteiger partial charge in [0.1, 0.15) is 6.42 Å². The van der Waals surface area contributed by atoms with Crippen molar-refractivity contribution >= 4 is 11.8 Å². The van der Waals surface area contributed by atoms with Crippen molar-refractivity contribution in [1.82, 2.24) is 10.2 Å². The van der Waals surface area contributed by atoms with Gasteiger partial charge in [-0.05, 0) is 43.6 Å². The van der Waals surface area contributed by atoms with Crippen LogP contribution in [-0.2, 0) is 9.59 Å². The van der Waals surface area contributed by atoms with Crippen LogP contribution < -0.4 is 5.32 Å². The van der Waals surface area contributed by atoms with Crippen molar-refractivity contribution in [3.63, 3.8) is 0 Å². The van der Waals surface area contributed by atoms with Crippen LogP contribution in [0.25, 0.3) is 0 Å². The Morgan fingerprint density at radius 2 is 1.86 bits per heavy atom.